The summed E-state index contributed by atoms with van der Waals surface area (Å²) in [4.78, 5) is 37.6. The Labute approximate surface area is 191 Å². The second kappa shape index (κ2) is 8.82. The molecule has 2 aromatic carbocycles. The van der Waals surface area contributed by atoms with Crippen molar-refractivity contribution in [3.63, 3.8) is 0 Å². The van der Waals surface area contributed by atoms with Crippen molar-refractivity contribution in [3.05, 3.63) is 65.9 Å². The average molecular weight is 469 g/mol. The molecule has 2 amide bonds. The second-order valence-electron chi connectivity index (χ2n) is 8.06. The minimum Gasteiger partial charge on any atom is -0.452 e. The Morgan fingerprint density at radius 2 is 1.79 bits per heavy atom. The van der Waals surface area contributed by atoms with Gasteiger partial charge in [0.1, 0.15) is 0 Å². The van der Waals surface area contributed by atoms with Crippen molar-refractivity contribution in [2.45, 2.75) is 44.1 Å². The molecule has 3 aromatic rings. The highest BCUT2D eigenvalue weighted by molar-refractivity contribution is 7.90. The summed E-state index contributed by atoms with van der Waals surface area (Å²) >= 11 is 0. The maximum atomic E-state index is 13.3. The molecule has 0 aliphatic carbocycles. The highest BCUT2D eigenvalue weighted by atomic mass is 32.2. The molecule has 1 aromatic heterocycles. The van der Waals surface area contributed by atoms with Gasteiger partial charge in [-0.15, -0.1) is 0 Å². The van der Waals surface area contributed by atoms with Crippen LogP contribution < -0.4 is 0 Å². The van der Waals surface area contributed by atoms with E-state index in [0.717, 1.165) is 15.8 Å². The van der Waals surface area contributed by atoms with E-state index in [1.54, 1.807) is 42.6 Å². The van der Waals surface area contributed by atoms with Crippen LogP contribution in [0.4, 0.5) is 0 Å². The van der Waals surface area contributed by atoms with Crippen LogP contribution in [0, 0.1) is 6.92 Å². The minimum absolute atomic E-state index is 0.0635. The number of carbonyl (C=O) groups is 3. The number of hydrogen-bond acceptors (Lipinski definition) is 6. The first-order valence-electron chi connectivity index (χ1n) is 10.6. The van der Waals surface area contributed by atoms with Gasteiger partial charge in [-0.1, -0.05) is 35.9 Å². The van der Waals surface area contributed by atoms with Crippen molar-refractivity contribution in [2.24, 2.45) is 0 Å². The number of likely N-dealkylation sites (tertiary alicyclic amines) is 1. The molecule has 0 bridgehead atoms. The summed E-state index contributed by atoms with van der Waals surface area (Å²) in [6.45, 7) is 3.17. The van der Waals surface area contributed by atoms with E-state index in [4.69, 9.17) is 4.74 Å². The number of hydrogen-bond donors (Lipinski definition) is 0. The van der Waals surface area contributed by atoms with Gasteiger partial charge in [0.15, 0.2) is 6.10 Å². The van der Waals surface area contributed by atoms with E-state index in [1.165, 1.54) is 10.9 Å². The van der Waals surface area contributed by atoms with Gasteiger partial charge in [-0.05, 0) is 37.1 Å². The fourth-order valence-electron chi connectivity index (χ4n) is 4.03. The SMILES string of the molecule is CC(=O)O[C@@H]1CCC(=O)N(CCc2cn(S(=O)(=O)c3ccc(C)cc3)c3ccccc23)C1=O. The molecule has 0 unspecified atom stereocenters. The number of amides is 2. The Morgan fingerprint density at radius 3 is 2.48 bits per heavy atom. The van der Waals surface area contributed by atoms with Gasteiger partial charge in [0.25, 0.3) is 15.9 Å². The van der Waals surface area contributed by atoms with Gasteiger partial charge in [-0.3, -0.25) is 19.3 Å². The molecule has 2 heterocycles. The largest absolute Gasteiger partial charge is 0.452 e. The van der Waals surface area contributed by atoms with Crippen LogP contribution in [0.1, 0.15) is 30.9 Å². The van der Waals surface area contributed by atoms with Crippen molar-refractivity contribution in [1.29, 1.82) is 0 Å². The van der Waals surface area contributed by atoms with Crippen LogP contribution in [0.3, 0.4) is 0 Å². The van der Waals surface area contributed by atoms with E-state index in [-0.39, 0.29) is 36.6 Å². The molecule has 33 heavy (non-hydrogen) atoms. The maximum Gasteiger partial charge on any atom is 0.303 e. The summed E-state index contributed by atoms with van der Waals surface area (Å²) < 4.78 is 32.9. The highest BCUT2D eigenvalue weighted by Gasteiger charge is 2.36. The topological polar surface area (TPSA) is 103 Å². The number of imide groups is 1. The number of para-hydroxylation sites is 1. The first-order chi connectivity index (χ1) is 15.7. The summed E-state index contributed by atoms with van der Waals surface area (Å²) in [6.07, 6.45) is 1.11. The smallest absolute Gasteiger partial charge is 0.303 e. The quantitative estimate of drug-likeness (QED) is 0.407. The molecule has 0 spiro atoms. The number of ether oxygens (including phenoxy) is 1. The van der Waals surface area contributed by atoms with Crippen molar-refractivity contribution in [1.82, 2.24) is 8.87 Å². The fourth-order valence-corrected chi connectivity index (χ4v) is 5.42. The number of aromatic nitrogens is 1. The zero-order valence-electron chi connectivity index (χ0n) is 18.4. The van der Waals surface area contributed by atoms with Gasteiger partial charge in [-0.25, -0.2) is 12.4 Å². The summed E-state index contributed by atoms with van der Waals surface area (Å²) in [6, 6.07) is 13.7. The van der Waals surface area contributed by atoms with Gasteiger partial charge >= 0.3 is 5.97 Å². The number of benzene rings is 2. The number of esters is 1. The molecule has 0 radical (unpaired) electrons. The van der Waals surface area contributed by atoms with E-state index < -0.39 is 28.0 Å². The van der Waals surface area contributed by atoms with Crippen LogP contribution in [0.2, 0.25) is 0 Å². The molecule has 1 atom stereocenters. The summed E-state index contributed by atoms with van der Waals surface area (Å²) in [5, 5.41) is 0.724. The van der Waals surface area contributed by atoms with Crippen molar-refractivity contribution < 1.29 is 27.5 Å². The molecule has 9 heteroatoms. The molecule has 172 valence electrons. The van der Waals surface area contributed by atoms with E-state index in [9.17, 15) is 22.8 Å². The molecule has 0 saturated carbocycles. The number of fused-ring (bicyclic) bond motifs is 1. The van der Waals surface area contributed by atoms with E-state index in [1.807, 2.05) is 19.1 Å². The predicted octanol–water partition coefficient (Wildman–Crippen LogP) is 2.81. The third kappa shape index (κ3) is 4.41. The second-order valence-corrected chi connectivity index (χ2v) is 9.87. The Morgan fingerprint density at radius 1 is 1.09 bits per heavy atom. The van der Waals surface area contributed by atoms with Gasteiger partial charge < -0.3 is 4.74 Å². The first-order valence-corrected chi connectivity index (χ1v) is 12.0. The molecule has 1 saturated heterocycles. The summed E-state index contributed by atoms with van der Waals surface area (Å²) in [5.41, 5.74) is 2.16. The lowest BCUT2D eigenvalue weighted by molar-refractivity contribution is -0.167. The van der Waals surface area contributed by atoms with E-state index in [0.29, 0.717) is 11.1 Å². The Kier molecular flexibility index (Phi) is 6.07. The number of piperidine rings is 1. The molecule has 1 fully saturated rings. The Balaban J connectivity index is 1.64. The zero-order valence-corrected chi connectivity index (χ0v) is 19.2. The molecule has 1 aliphatic rings. The van der Waals surface area contributed by atoms with Crippen molar-refractivity contribution >= 4 is 38.7 Å². The fraction of sp³-hybridized carbons (Fsp3) is 0.292. The van der Waals surface area contributed by atoms with E-state index in [2.05, 4.69) is 0 Å². The summed E-state index contributed by atoms with van der Waals surface area (Å²) in [5.74, 6) is -1.45. The average Bonchev–Trinajstić information content (AvgIpc) is 3.15. The Hall–Kier alpha value is -3.46. The van der Waals surface area contributed by atoms with Crippen LogP contribution in [-0.4, -0.2) is 47.7 Å². The van der Waals surface area contributed by atoms with Gasteiger partial charge in [0.05, 0.1) is 10.4 Å². The third-order valence-corrected chi connectivity index (χ3v) is 7.40. The minimum atomic E-state index is -3.84. The summed E-state index contributed by atoms with van der Waals surface area (Å²) in [7, 11) is -3.84. The molecule has 1 aliphatic heterocycles. The lowest BCUT2D eigenvalue weighted by atomic mass is 10.0. The normalized spacial score (nSPS) is 16.9. The maximum absolute atomic E-state index is 13.3. The number of aryl methyl sites for hydroxylation is 1. The molecule has 4 rings (SSSR count). The van der Waals surface area contributed by atoms with Crippen molar-refractivity contribution in [2.75, 3.05) is 6.54 Å². The van der Waals surface area contributed by atoms with Crippen LogP contribution in [0.5, 0.6) is 0 Å². The van der Waals surface area contributed by atoms with Gasteiger partial charge in [0, 0.05) is 37.9 Å². The molecular formula is C24H24N2O6S. The van der Waals surface area contributed by atoms with Crippen LogP contribution in [0.25, 0.3) is 10.9 Å². The number of carbonyl (C=O) groups excluding carboxylic acids is 3. The van der Waals surface area contributed by atoms with Gasteiger partial charge in [-0.2, -0.15) is 0 Å². The number of nitrogens with zero attached hydrogens (tertiary/aromatic N) is 2. The predicted molar refractivity (Wildman–Crippen MR) is 121 cm³/mol. The molecular weight excluding hydrogens is 444 g/mol. The first kappa shape index (κ1) is 22.7. The highest BCUT2D eigenvalue weighted by Crippen LogP contribution is 2.27. The number of rotatable bonds is 6. The Bertz CT molecular complexity index is 1340. The lowest BCUT2D eigenvalue weighted by Gasteiger charge is -2.30. The van der Waals surface area contributed by atoms with Crippen LogP contribution in [-0.2, 0) is 35.6 Å². The van der Waals surface area contributed by atoms with Crippen molar-refractivity contribution in [3.8, 4) is 0 Å². The van der Waals surface area contributed by atoms with E-state index >= 15 is 0 Å². The lowest BCUT2D eigenvalue weighted by Crippen LogP contribution is -2.49. The van der Waals surface area contributed by atoms with Crippen LogP contribution in [0.15, 0.2) is 59.6 Å². The molecule has 0 N–H and O–H groups in total. The van der Waals surface area contributed by atoms with Gasteiger partial charge in [0.2, 0.25) is 5.91 Å². The molecule has 8 nitrogen and oxygen atoms in total. The van der Waals surface area contributed by atoms with Crippen LogP contribution >= 0.6 is 0 Å². The third-order valence-electron chi connectivity index (χ3n) is 5.71. The zero-order chi connectivity index (χ0) is 23.8. The standard InChI is InChI=1S/C24H24N2O6S/c1-16-7-9-19(10-8-16)33(30,31)26-15-18(20-5-3-4-6-21(20)26)13-14-25-23(28)12-11-22(24(25)29)32-17(2)27/h3-10,15,22H,11-14H2,1-2H3/t22-/m1/s1. The monoisotopic (exact) mass is 468 g/mol.